The number of methoxy groups -OCH3 is 1. The van der Waals surface area contributed by atoms with Crippen LogP contribution in [0.1, 0.15) is 30.1 Å². The molecule has 0 bridgehead atoms. The fourth-order valence-corrected chi connectivity index (χ4v) is 1.44. The lowest BCUT2D eigenvalue weighted by Gasteiger charge is -2.10. The summed E-state index contributed by atoms with van der Waals surface area (Å²) in [6.07, 6.45) is 0.894. The lowest BCUT2D eigenvalue weighted by molar-refractivity contribution is -0.116. The van der Waals surface area contributed by atoms with Crippen LogP contribution in [0.3, 0.4) is 0 Å². The Hall–Kier alpha value is -1.88. The number of carbonyl (C=O) groups is 2. The predicted octanol–water partition coefficient (Wildman–Crippen LogP) is 2.14. The van der Waals surface area contributed by atoms with E-state index in [1.54, 1.807) is 25.3 Å². The van der Waals surface area contributed by atoms with E-state index in [2.05, 4.69) is 5.32 Å². The second-order valence-corrected chi connectivity index (χ2v) is 3.98. The van der Waals surface area contributed by atoms with Crippen LogP contribution in [0.15, 0.2) is 24.3 Å². The number of para-hydroxylation sites is 1. The highest BCUT2D eigenvalue weighted by atomic mass is 16.5. The van der Waals surface area contributed by atoms with Crippen molar-refractivity contribution >= 4 is 17.6 Å². The Balaban J connectivity index is 2.62. The molecule has 5 heteroatoms. The molecule has 5 nitrogen and oxygen atoms in total. The summed E-state index contributed by atoms with van der Waals surface area (Å²) < 4.78 is 5.04. The van der Waals surface area contributed by atoms with Gasteiger partial charge in [-0.2, -0.15) is 0 Å². The van der Waals surface area contributed by atoms with Gasteiger partial charge in [0.1, 0.15) is 0 Å². The molecule has 1 atom stereocenters. The van der Waals surface area contributed by atoms with E-state index in [0.29, 0.717) is 18.5 Å². The first-order chi connectivity index (χ1) is 8.54. The number of carbonyl (C=O) groups excluding carboxylic acids is 1. The van der Waals surface area contributed by atoms with E-state index in [-0.39, 0.29) is 17.6 Å². The van der Waals surface area contributed by atoms with Crippen LogP contribution >= 0.6 is 0 Å². The van der Waals surface area contributed by atoms with Gasteiger partial charge in [-0.3, -0.25) is 4.79 Å². The summed E-state index contributed by atoms with van der Waals surface area (Å²) in [5.74, 6) is -1.27. The number of hydrogen-bond acceptors (Lipinski definition) is 3. The molecule has 0 saturated carbocycles. The summed E-state index contributed by atoms with van der Waals surface area (Å²) in [4.78, 5) is 22.6. The molecule has 1 unspecified atom stereocenters. The second kappa shape index (κ2) is 6.76. The van der Waals surface area contributed by atoms with E-state index in [4.69, 9.17) is 9.84 Å². The zero-order valence-corrected chi connectivity index (χ0v) is 10.5. The molecule has 0 aliphatic carbocycles. The Kier molecular flexibility index (Phi) is 5.32. The van der Waals surface area contributed by atoms with Crippen molar-refractivity contribution in [1.29, 1.82) is 0 Å². The average molecular weight is 251 g/mol. The third-order valence-corrected chi connectivity index (χ3v) is 2.61. The van der Waals surface area contributed by atoms with Crippen LogP contribution in [0.25, 0.3) is 0 Å². The Morgan fingerprint density at radius 2 is 2.06 bits per heavy atom. The van der Waals surface area contributed by atoms with Crippen molar-refractivity contribution in [2.45, 2.75) is 25.9 Å². The topological polar surface area (TPSA) is 75.6 Å². The van der Waals surface area contributed by atoms with Crippen molar-refractivity contribution in [3.63, 3.8) is 0 Å². The van der Waals surface area contributed by atoms with E-state index in [1.807, 2.05) is 6.92 Å². The van der Waals surface area contributed by atoms with Gasteiger partial charge in [0, 0.05) is 13.5 Å². The molecule has 0 radical (unpaired) electrons. The van der Waals surface area contributed by atoms with Crippen molar-refractivity contribution in [2.24, 2.45) is 0 Å². The van der Waals surface area contributed by atoms with E-state index in [0.717, 1.165) is 0 Å². The second-order valence-electron chi connectivity index (χ2n) is 3.98. The number of amides is 1. The molecule has 98 valence electrons. The molecule has 1 aromatic carbocycles. The Bertz CT molecular complexity index is 431. The van der Waals surface area contributed by atoms with Gasteiger partial charge in [0.25, 0.3) is 0 Å². The van der Waals surface area contributed by atoms with Crippen LogP contribution in [0.5, 0.6) is 0 Å². The monoisotopic (exact) mass is 251 g/mol. The molecule has 0 aliphatic rings. The highest BCUT2D eigenvalue weighted by Gasteiger charge is 2.12. The van der Waals surface area contributed by atoms with Gasteiger partial charge in [0.05, 0.1) is 17.4 Å². The summed E-state index contributed by atoms with van der Waals surface area (Å²) in [6, 6.07) is 6.32. The number of carboxylic acids is 1. The van der Waals surface area contributed by atoms with Gasteiger partial charge in [0.2, 0.25) is 5.91 Å². The van der Waals surface area contributed by atoms with Crippen molar-refractivity contribution in [1.82, 2.24) is 0 Å². The van der Waals surface area contributed by atoms with Gasteiger partial charge in [-0.1, -0.05) is 12.1 Å². The molecule has 0 aliphatic heterocycles. The van der Waals surface area contributed by atoms with Crippen LogP contribution in [-0.2, 0) is 9.53 Å². The minimum absolute atomic E-state index is 0.00506. The summed E-state index contributed by atoms with van der Waals surface area (Å²) in [5, 5.41) is 11.6. The minimum Gasteiger partial charge on any atom is -0.478 e. The van der Waals surface area contributed by atoms with Gasteiger partial charge >= 0.3 is 5.97 Å². The maximum absolute atomic E-state index is 11.6. The van der Waals surface area contributed by atoms with Crippen LogP contribution in [-0.4, -0.2) is 30.2 Å². The number of rotatable bonds is 6. The number of hydrogen-bond donors (Lipinski definition) is 2. The first kappa shape index (κ1) is 14.2. The Labute approximate surface area is 106 Å². The van der Waals surface area contributed by atoms with Gasteiger partial charge in [-0.25, -0.2) is 4.79 Å². The number of ether oxygens (including phenoxy) is 1. The van der Waals surface area contributed by atoms with Gasteiger partial charge < -0.3 is 15.2 Å². The molecule has 0 spiro atoms. The smallest absolute Gasteiger partial charge is 0.337 e. The molecule has 18 heavy (non-hydrogen) atoms. The van der Waals surface area contributed by atoms with Crippen molar-refractivity contribution in [2.75, 3.05) is 12.4 Å². The largest absolute Gasteiger partial charge is 0.478 e. The number of benzene rings is 1. The highest BCUT2D eigenvalue weighted by Crippen LogP contribution is 2.15. The predicted molar refractivity (Wildman–Crippen MR) is 67.7 cm³/mol. The van der Waals surface area contributed by atoms with Gasteiger partial charge in [-0.05, 0) is 25.5 Å². The normalized spacial score (nSPS) is 11.9. The quantitative estimate of drug-likeness (QED) is 0.812. The average Bonchev–Trinajstić information content (AvgIpc) is 2.36. The van der Waals surface area contributed by atoms with Crippen molar-refractivity contribution in [3.05, 3.63) is 29.8 Å². The molecule has 0 heterocycles. The van der Waals surface area contributed by atoms with Gasteiger partial charge in [0.15, 0.2) is 0 Å². The number of carboxylic acid groups (broad SMARTS) is 1. The molecular formula is C13H17NO4. The van der Waals surface area contributed by atoms with E-state index in [9.17, 15) is 9.59 Å². The molecule has 1 amide bonds. The number of aromatic carboxylic acids is 1. The lowest BCUT2D eigenvalue weighted by Crippen LogP contribution is -2.16. The van der Waals surface area contributed by atoms with Crippen LogP contribution in [0, 0.1) is 0 Å². The van der Waals surface area contributed by atoms with E-state index < -0.39 is 5.97 Å². The minimum atomic E-state index is -1.06. The highest BCUT2D eigenvalue weighted by molar-refractivity contribution is 6.00. The molecular weight excluding hydrogens is 234 g/mol. The Morgan fingerprint density at radius 3 is 2.67 bits per heavy atom. The first-order valence-corrected chi connectivity index (χ1v) is 5.69. The first-order valence-electron chi connectivity index (χ1n) is 5.69. The summed E-state index contributed by atoms with van der Waals surface area (Å²) in [7, 11) is 1.59. The zero-order valence-electron chi connectivity index (χ0n) is 10.5. The maximum atomic E-state index is 11.6. The fraction of sp³-hybridized carbons (Fsp3) is 0.385. The molecule has 1 rings (SSSR count). The Morgan fingerprint density at radius 1 is 1.39 bits per heavy atom. The van der Waals surface area contributed by atoms with E-state index >= 15 is 0 Å². The van der Waals surface area contributed by atoms with E-state index in [1.165, 1.54) is 6.07 Å². The molecule has 0 aromatic heterocycles. The van der Waals surface area contributed by atoms with Crippen LogP contribution < -0.4 is 5.32 Å². The molecule has 0 fully saturated rings. The molecule has 2 N–H and O–H groups in total. The third kappa shape index (κ3) is 4.18. The fourth-order valence-electron chi connectivity index (χ4n) is 1.44. The van der Waals surface area contributed by atoms with Crippen LogP contribution in [0.4, 0.5) is 5.69 Å². The third-order valence-electron chi connectivity index (χ3n) is 2.61. The molecule has 1 aromatic rings. The molecule has 0 saturated heterocycles. The summed E-state index contributed by atoms with van der Waals surface area (Å²) in [5.41, 5.74) is 0.408. The number of anilines is 1. The van der Waals surface area contributed by atoms with Crippen LogP contribution in [0.2, 0.25) is 0 Å². The lowest BCUT2D eigenvalue weighted by atomic mass is 10.1. The summed E-state index contributed by atoms with van der Waals surface area (Å²) in [6.45, 7) is 1.87. The number of nitrogens with one attached hydrogen (secondary N) is 1. The maximum Gasteiger partial charge on any atom is 0.337 e. The standard InChI is InChI=1S/C13H17NO4/c1-9(18-2)7-8-12(15)14-11-6-4-3-5-10(11)13(16)17/h3-6,9H,7-8H2,1-2H3,(H,14,15)(H,16,17). The zero-order chi connectivity index (χ0) is 13.5. The van der Waals surface area contributed by atoms with Crippen molar-refractivity contribution in [3.8, 4) is 0 Å². The van der Waals surface area contributed by atoms with Gasteiger partial charge in [-0.15, -0.1) is 0 Å². The SMILES string of the molecule is COC(C)CCC(=O)Nc1ccccc1C(=O)O. The van der Waals surface area contributed by atoms with Crippen molar-refractivity contribution < 1.29 is 19.4 Å². The summed E-state index contributed by atoms with van der Waals surface area (Å²) >= 11 is 0.